The Labute approximate surface area is 67.5 Å². The van der Waals surface area contributed by atoms with Crippen LogP contribution >= 0.6 is 0 Å². The summed E-state index contributed by atoms with van der Waals surface area (Å²) >= 11 is 0. The number of hydrogen-bond donors (Lipinski definition) is 2. The van der Waals surface area contributed by atoms with E-state index >= 15 is 0 Å². The van der Waals surface area contributed by atoms with E-state index in [2.05, 4.69) is 23.5 Å². The molecule has 60 valence electrons. The molecule has 0 aliphatic heterocycles. The van der Waals surface area contributed by atoms with E-state index in [0.29, 0.717) is 0 Å². The first-order chi connectivity index (χ1) is 5.34. The van der Waals surface area contributed by atoms with Gasteiger partial charge in [-0.1, -0.05) is 18.2 Å². The molecule has 0 saturated heterocycles. The van der Waals surface area contributed by atoms with E-state index in [1.165, 1.54) is 0 Å². The van der Waals surface area contributed by atoms with Crippen molar-refractivity contribution in [2.75, 3.05) is 7.05 Å². The zero-order valence-corrected chi connectivity index (χ0v) is 6.80. The maximum atomic E-state index is 5.74. The van der Waals surface area contributed by atoms with Crippen LogP contribution in [0.5, 0.6) is 0 Å². The quantitative estimate of drug-likeness (QED) is 0.622. The first-order valence-electron chi connectivity index (χ1n) is 3.84. The summed E-state index contributed by atoms with van der Waals surface area (Å²) in [7, 11) is 1.85. The van der Waals surface area contributed by atoms with E-state index in [1.807, 2.05) is 13.2 Å². The third-order valence-electron chi connectivity index (χ3n) is 1.63. The first-order valence-corrected chi connectivity index (χ1v) is 3.84. The molecule has 2 nitrogen and oxygen atoms in total. The molecule has 0 fully saturated rings. The van der Waals surface area contributed by atoms with Gasteiger partial charge >= 0.3 is 0 Å². The zero-order chi connectivity index (χ0) is 8.10. The zero-order valence-electron chi connectivity index (χ0n) is 6.80. The molecule has 1 aliphatic rings. The summed E-state index contributed by atoms with van der Waals surface area (Å²) in [5, 5.41) is 2.90. The molecule has 1 rings (SSSR count). The van der Waals surface area contributed by atoms with Crippen LogP contribution in [0.25, 0.3) is 0 Å². The molecule has 0 atom stereocenters. The molecule has 3 N–H and O–H groups in total. The van der Waals surface area contributed by atoms with Gasteiger partial charge in [0.25, 0.3) is 0 Å². The first kappa shape index (κ1) is 7.92. The van der Waals surface area contributed by atoms with Crippen molar-refractivity contribution in [3.8, 4) is 0 Å². The van der Waals surface area contributed by atoms with Gasteiger partial charge in [0, 0.05) is 13.2 Å². The van der Waals surface area contributed by atoms with Crippen LogP contribution in [0.3, 0.4) is 0 Å². The maximum Gasteiger partial charge on any atom is 0.0543 e. The maximum absolute atomic E-state index is 5.74. The van der Waals surface area contributed by atoms with Crippen LogP contribution in [0.15, 0.2) is 35.7 Å². The molecule has 0 spiro atoms. The number of rotatable bonds is 2. The second-order valence-corrected chi connectivity index (χ2v) is 2.53. The highest BCUT2D eigenvalue weighted by Crippen LogP contribution is 2.13. The van der Waals surface area contributed by atoms with Crippen LogP contribution in [0.2, 0.25) is 0 Å². The van der Waals surface area contributed by atoms with E-state index in [0.717, 1.165) is 24.1 Å². The lowest BCUT2D eigenvalue weighted by Crippen LogP contribution is -2.06. The molecule has 0 radical (unpaired) electrons. The van der Waals surface area contributed by atoms with E-state index < -0.39 is 0 Å². The van der Waals surface area contributed by atoms with Crippen molar-refractivity contribution in [2.24, 2.45) is 5.73 Å². The third kappa shape index (κ3) is 2.15. The summed E-state index contributed by atoms with van der Waals surface area (Å²) in [5.41, 5.74) is 7.68. The molecular formula is C9H14N2. The Morgan fingerprint density at radius 1 is 1.64 bits per heavy atom. The Balaban J connectivity index is 2.66. The fraction of sp³-hybridized carbons (Fsp3) is 0.333. The number of nitrogens with one attached hydrogen (secondary N) is 1. The van der Waals surface area contributed by atoms with Gasteiger partial charge in [-0.2, -0.15) is 0 Å². The highest BCUT2D eigenvalue weighted by atomic mass is 14.8. The van der Waals surface area contributed by atoms with Gasteiger partial charge in [0.1, 0.15) is 0 Å². The SMILES string of the molecule is CN/C=C(\N)C1=CCCC=C1. The third-order valence-corrected chi connectivity index (χ3v) is 1.63. The molecule has 0 aromatic heterocycles. The summed E-state index contributed by atoms with van der Waals surface area (Å²) in [4.78, 5) is 0. The predicted molar refractivity (Wildman–Crippen MR) is 47.8 cm³/mol. The van der Waals surface area contributed by atoms with Crippen LogP contribution in [0, 0.1) is 0 Å². The fourth-order valence-corrected chi connectivity index (χ4v) is 1.07. The van der Waals surface area contributed by atoms with E-state index in [1.54, 1.807) is 0 Å². The molecule has 1 aliphatic carbocycles. The van der Waals surface area contributed by atoms with Gasteiger partial charge in [-0.15, -0.1) is 0 Å². The van der Waals surface area contributed by atoms with Crippen molar-refractivity contribution in [3.63, 3.8) is 0 Å². The highest BCUT2D eigenvalue weighted by Gasteiger charge is 1.98. The topological polar surface area (TPSA) is 38.0 Å². The Kier molecular flexibility index (Phi) is 2.78. The molecule has 2 heteroatoms. The van der Waals surface area contributed by atoms with Crippen molar-refractivity contribution in [3.05, 3.63) is 35.7 Å². The Bertz CT molecular complexity index is 212. The Morgan fingerprint density at radius 2 is 2.45 bits per heavy atom. The standard InChI is InChI=1S/C9H14N2/c1-11-7-9(10)8-5-3-2-4-6-8/h3,5-7,11H,2,4,10H2,1H3/b9-7-. The summed E-state index contributed by atoms with van der Waals surface area (Å²) in [5.74, 6) is 0. The minimum atomic E-state index is 0.809. The van der Waals surface area contributed by atoms with Crippen molar-refractivity contribution in [1.82, 2.24) is 5.32 Å². The average molecular weight is 150 g/mol. The Morgan fingerprint density at radius 3 is 3.00 bits per heavy atom. The van der Waals surface area contributed by atoms with Gasteiger partial charge in [0.05, 0.1) is 5.70 Å². The largest absolute Gasteiger partial charge is 0.397 e. The van der Waals surface area contributed by atoms with Crippen molar-refractivity contribution < 1.29 is 0 Å². The lowest BCUT2D eigenvalue weighted by Gasteiger charge is -2.06. The van der Waals surface area contributed by atoms with Gasteiger partial charge in [-0.25, -0.2) is 0 Å². The fourth-order valence-electron chi connectivity index (χ4n) is 1.07. The van der Waals surface area contributed by atoms with Gasteiger partial charge in [0.2, 0.25) is 0 Å². The number of allylic oxidation sites excluding steroid dienone is 3. The summed E-state index contributed by atoms with van der Waals surface area (Å²) in [6.07, 6.45) is 10.4. The Hall–Kier alpha value is -1.18. The second kappa shape index (κ2) is 3.86. The second-order valence-electron chi connectivity index (χ2n) is 2.53. The van der Waals surface area contributed by atoms with Gasteiger partial charge < -0.3 is 11.1 Å². The summed E-state index contributed by atoms with van der Waals surface area (Å²) in [6.45, 7) is 0. The molecule has 0 amide bonds. The molecule has 0 aromatic rings. The summed E-state index contributed by atoms with van der Waals surface area (Å²) < 4.78 is 0. The molecular weight excluding hydrogens is 136 g/mol. The van der Waals surface area contributed by atoms with Gasteiger partial charge in [-0.3, -0.25) is 0 Å². The molecule has 0 aromatic carbocycles. The molecule has 0 unspecified atom stereocenters. The van der Waals surface area contributed by atoms with Crippen LogP contribution in [0.4, 0.5) is 0 Å². The average Bonchev–Trinajstić information content (AvgIpc) is 2.07. The number of nitrogens with two attached hydrogens (primary N) is 1. The molecule has 0 bridgehead atoms. The van der Waals surface area contributed by atoms with E-state index in [9.17, 15) is 0 Å². The number of hydrogen-bond acceptors (Lipinski definition) is 2. The van der Waals surface area contributed by atoms with Crippen LogP contribution in [-0.2, 0) is 0 Å². The lowest BCUT2D eigenvalue weighted by atomic mass is 10.1. The molecule has 11 heavy (non-hydrogen) atoms. The lowest BCUT2D eigenvalue weighted by molar-refractivity contribution is 1.00. The summed E-state index contributed by atoms with van der Waals surface area (Å²) in [6, 6.07) is 0. The van der Waals surface area contributed by atoms with Gasteiger partial charge in [-0.05, 0) is 18.4 Å². The monoisotopic (exact) mass is 150 g/mol. The minimum Gasteiger partial charge on any atom is -0.397 e. The van der Waals surface area contributed by atoms with Crippen LogP contribution in [-0.4, -0.2) is 7.05 Å². The van der Waals surface area contributed by atoms with Gasteiger partial charge in [0.15, 0.2) is 0 Å². The van der Waals surface area contributed by atoms with Crippen molar-refractivity contribution in [1.29, 1.82) is 0 Å². The minimum absolute atomic E-state index is 0.809. The van der Waals surface area contributed by atoms with E-state index in [-0.39, 0.29) is 0 Å². The smallest absolute Gasteiger partial charge is 0.0543 e. The van der Waals surface area contributed by atoms with Crippen LogP contribution in [0.1, 0.15) is 12.8 Å². The van der Waals surface area contributed by atoms with Crippen LogP contribution < -0.4 is 11.1 Å². The normalized spacial score (nSPS) is 17.9. The molecule has 0 saturated carbocycles. The van der Waals surface area contributed by atoms with Crippen molar-refractivity contribution in [2.45, 2.75) is 12.8 Å². The van der Waals surface area contributed by atoms with Crippen molar-refractivity contribution >= 4 is 0 Å². The molecule has 0 heterocycles. The highest BCUT2D eigenvalue weighted by molar-refractivity contribution is 5.38. The van der Waals surface area contributed by atoms with E-state index in [4.69, 9.17) is 5.73 Å². The predicted octanol–water partition coefficient (Wildman–Crippen LogP) is 1.28.